The van der Waals surface area contributed by atoms with Crippen molar-refractivity contribution < 1.29 is 4.79 Å². The molecule has 26 heavy (non-hydrogen) atoms. The molecule has 1 aliphatic heterocycles. The molecule has 1 fully saturated rings. The summed E-state index contributed by atoms with van der Waals surface area (Å²) in [4.78, 5) is 19.5. The van der Waals surface area contributed by atoms with Crippen LogP contribution in [0.2, 0.25) is 0 Å². The van der Waals surface area contributed by atoms with Crippen LogP contribution in [0.4, 0.5) is 0 Å². The molecule has 148 valence electrons. The second-order valence-corrected chi connectivity index (χ2v) is 8.16. The highest BCUT2D eigenvalue weighted by Gasteiger charge is 2.20. The highest BCUT2D eigenvalue weighted by atomic mass is 32.1. The molecule has 0 aliphatic carbocycles. The lowest BCUT2D eigenvalue weighted by molar-refractivity contribution is 0.0947. The molecule has 2 heterocycles. The van der Waals surface area contributed by atoms with Gasteiger partial charge in [0.05, 0.1) is 5.01 Å². The summed E-state index contributed by atoms with van der Waals surface area (Å²) in [5.74, 6) is 0.450. The first-order valence-electron chi connectivity index (χ1n) is 10.4. The molecule has 0 aromatic carbocycles. The first-order chi connectivity index (χ1) is 12.7. The largest absolute Gasteiger partial charge is 0.351 e. The Morgan fingerprint density at radius 2 is 2.00 bits per heavy atom. The number of nitrogens with one attached hydrogen (secondary N) is 2. The van der Waals surface area contributed by atoms with Crippen LogP contribution in [0.1, 0.15) is 80.2 Å². The lowest BCUT2D eigenvalue weighted by Gasteiger charge is -2.21. The Hall–Kier alpha value is -0.980. The van der Waals surface area contributed by atoms with Crippen molar-refractivity contribution in [3.05, 3.63) is 16.1 Å². The van der Waals surface area contributed by atoms with Crippen LogP contribution in [0.3, 0.4) is 0 Å². The van der Waals surface area contributed by atoms with E-state index in [0.717, 1.165) is 37.6 Å². The summed E-state index contributed by atoms with van der Waals surface area (Å²) in [6.45, 7) is 10.7. The Bertz CT molecular complexity index is 506. The van der Waals surface area contributed by atoms with Gasteiger partial charge in [-0.25, -0.2) is 4.98 Å². The maximum Gasteiger partial charge on any atom is 0.270 e. The molecule has 0 spiro atoms. The average molecular weight is 381 g/mol. The lowest BCUT2D eigenvalue weighted by atomic mass is 10.0. The number of hydrogen-bond acceptors (Lipinski definition) is 5. The number of hydrogen-bond donors (Lipinski definition) is 2. The van der Waals surface area contributed by atoms with Gasteiger partial charge in [-0.15, -0.1) is 11.3 Å². The van der Waals surface area contributed by atoms with Crippen molar-refractivity contribution in [3.8, 4) is 0 Å². The molecule has 0 bridgehead atoms. The number of nitrogens with zero attached hydrogens (tertiary/aromatic N) is 2. The fourth-order valence-electron chi connectivity index (χ4n) is 3.34. The quantitative estimate of drug-likeness (QED) is 0.544. The SMILES string of the molecule is CCCCN(CCCC)CCCNC(=O)c1csc(C2CCCNC2)n1. The topological polar surface area (TPSA) is 57.3 Å². The number of aromatic nitrogens is 1. The number of amides is 1. The monoisotopic (exact) mass is 380 g/mol. The Labute approximate surface area is 163 Å². The number of unbranched alkanes of at least 4 members (excludes halogenated alkanes) is 2. The summed E-state index contributed by atoms with van der Waals surface area (Å²) in [6, 6.07) is 0. The third-order valence-electron chi connectivity index (χ3n) is 4.99. The Morgan fingerprint density at radius 3 is 2.65 bits per heavy atom. The lowest BCUT2D eigenvalue weighted by Crippen LogP contribution is -2.31. The molecule has 6 heteroatoms. The highest BCUT2D eigenvalue weighted by Crippen LogP contribution is 2.26. The van der Waals surface area contributed by atoms with Gasteiger partial charge in [0.15, 0.2) is 0 Å². The molecular weight excluding hydrogens is 344 g/mol. The first-order valence-corrected chi connectivity index (χ1v) is 11.3. The average Bonchev–Trinajstić information content (AvgIpc) is 3.17. The molecule has 5 nitrogen and oxygen atoms in total. The van der Waals surface area contributed by atoms with Crippen molar-refractivity contribution in [1.82, 2.24) is 20.5 Å². The van der Waals surface area contributed by atoms with E-state index in [4.69, 9.17) is 0 Å². The van der Waals surface area contributed by atoms with Crippen molar-refractivity contribution in [2.24, 2.45) is 0 Å². The van der Waals surface area contributed by atoms with Crippen LogP contribution in [0.5, 0.6) is 0 Å². The number of carbonyl (C=O) groups excluding carboxylic acids is 1. The molecular formula is C20H36N4OS. The standard InChI is InChI=1S/C20H36N4OS/c1-3-5-12-24(13-6-4-2)14-8-11-22-19(25)18-16-26-20(23-18)17-9-7-10-21-15-17/h16-17,21H,3-15H2,1-2H3,(H,22,25). The summed E-state index contributed by atoms with van der Waals surface area (Å²) in [7, 11) is 0. The number of thiazole rings is 1. The fraction of sp³-hybridized carbons (Fsp3) is 0.800. The minimum Gasteiger partial charge on any atom is -0.351 e. The van der Waals surface area contributed by atoms with Gasteiger partial charge in [0, 0.05) is 24.4 Å². The summed E-state index contributed by atoms with van der Waals surface area (Å²) in [5, 5.41) is 9.48. The van der Waals surface area contributed by atoms with Gasteiger partial charge in [-0.3, -0.25) is 4.79 Å². The van der Waals surface area contributed by atoms with Crippen molar-refractivity contribution in [2.45, 2.75) is 64.7 Å². The molecule has 1 aliphatic rings. The maximum absolute atomic E-state index is 12.3. The summed E-state index contributed by atoms with van der Waals surface area (Å²) >= 11 is 1.63. The zero-order chi connectivity index (χ0) is 18.6. The molecule has 1 saturated heterocycles. The smallest absolute Gasteiger partial charge is 0.270 e. The second kappa shape index (κ2) is 12.4. The fourth-order valence-corrected chi connectivity index (χ4v) is 4.27. The summed E-state index contributed by atoms with van der Waals surface area (Å²) < 4.78 is 0. The first kappa shape index (κ1) is 21.3. The normalized spacial score (nSPS) is 17.6. The van der Waals surface area contributed by atoms with Crippen LogP contribution >= 0.6 is 11.3 Å². The molecule has 1 unspecified atom stereocenters. The van der Waals surface area contributed by atoms with Gasteiger partial charge in [0.25, 0.3) is 5.91 Å². The van der Waals surface area contributed by atoms with E-state index in [9.17, 15) is 4.79 Å². The Kier molecular flexibility index (Phi) is 10.2. The van der Waals surface area contributed by atoms with Gasteiger partial charge < -0.3 is 15.5 Å². The van der Waals surface area contributed by atoms with E-state index >= 15 is 0 Å². The van der Waals surface area contributed by atoms with E-state index < -0.39 is 0 Å². The Morgan fingerprint density at radius 1 is 1.27 bits per heavy atom. The molecule has 1 aromatic heterocycles. The molecule has 1 amide bonds. The van der Waals surface area contributed by atoms with Crippen molar-refractivity contribution in [1.29, 1.82) is 0 Å². The van der Waals surface area contributed by atoms with Crippen LogP contribution < -0.4 is 10.6 Å². The zero-order valence-corrected chi connectivity index (χ0v) is 17.4. The minimum absolute atomic E-state index is 0.0232. The van der Waals surface area contributed by atoms with E-state index in [-0.39, 0.29) is 5.91 Å². The molecule has 2 rings (SSSR count). The van der Waals surface area contributed by atoms with E-state index in [2.05, 4.69) is 34.4 Å². The van der Waals surface area contributed by atoms with Gasteiger partial charge in [-0.1, -0.05) is 26.7 Å². The molecule has 1 aromatic rings. The number of carbonyl (C=O) groups is 1. The van der Waals surface area contributed by atoms with Crippen molar-refractivity contribution >= 4 is 17.2 Å². The summed E-state index contributed by atoms with van der Waals surface area (Å²) in [6.07, 6.45) is 8.36. The zero-order valence-electron chi connectivity index (χ0n) is 16.6. The third kappa shape index (κ3) is 7.33. The van der Waals surface area contributed by atoms with Gasteiger partial charge in [0.2, 0.25) is 0 Å². The van der Waals surface area contributed by atoms with Crippen LogP contribution in [0.25, 0.3) is 0 Å². The van der Waals surface area contributed by atoms with Gasteiger partial charge in [-0.05, 0) is 58.3 Å². The number of piperidine rings is 1. The van der Waals surface area contributed by atoms with Gasteiger partial charge >= 0.3 is 0 Å². The third-order valence-corrected chi connectivity index (χ3v) is 6.00. The second-order valence-electron chi connectivity index (χ2n) is 7.27. The van der Waals surface area contributed by atoms with E-state index in [1.807, 2.05) is 5.38 Å². The Balaban J connectivity index is 1.69. The van der Waals surface area contributed by atoms with Crippen LogP contribution in [-0.2, 0) is 0 Å². The maximum atomic E-state index is 12.3. The van der Waals surface area contributed by atoms with E-state index in [1.54, 1.807) is 11.3 Å². The summed E-state index contributed by atoms with van der Waals surface area (Å²) in [5.41, 5.74) is 0.587. The van der Waals surface area contributed by atoms with Crippen molar-refractivity contribution in [2.75, 3.05) is 39.3 Å². The van der Waals surface area contributed by atoms with Gasteiger partial charge in [0.1, 0.15) is 5.69 Å². The highest BCUT2D eigenvalue weighted by molar-refractivity contribution is 7.09. The van der Waals surface area contributed by atoms with Crippen LogP contribution in [-0.4, -0.2) is 55.1 Å². The molecule has 1 atom stereocenters. The van der Waals surface area contributed by atoms with Crippen molar-refractivity contribution in [3.63, 3.8) is 0 Å². The number of rotatable bonds is 12. The molecule has 0 saturated carbocycles. The minimum atomic E-state index is -0.0232. The van der Waals surface area contributed by atoms with Crippen LogP contribution in [0.15, 0.2) is 5.38 Å². The predicted octanol–water partition coefficient (Wildman–Crippen LogP) is 3.63. The molecule has 2 N–H and O–H groups in total. The predicted molar refractivity (Wildman–Crippen MR) is 110 cm³/mol. The van der Waals surface area contributed by atoms with E-state index in [1.165, 1.54) is 51.6 Å². The van der Waals surface area contributed by atoms with Crippen LogP contribution in [0, 0.1) is 0 Å². The molecule has 0 radical (unpaired) electrons. The van der Waals surface area contributed by atoms with E-state index in [0.29, 0.717) is 11.6 Å². The van der Waals surface area contributed by atoms with Gasteiger partial charge in [-0.2, -0.15) is 0 Å².